The minimum absolute atomic E-state index is 0.216. The van der Waals surface area contributed by atoms with Gasteiger partial charge in [-0.15, -0.1) is 0 Å². The van der Waals surface area contributed by atoms with Gasteiger partial charge in [-0.2, -0.15) is 0 Å². The second kappa shape index (κ2) is 16.5. The van der Waals surface area contributed by atoms with Gasteiger partial charge in [-0.05, 0) is 0 Å². The molecule has 9 heteroatoms. The summed E-state index contributed by atoms with van der Waals surface area (Å²) in [5, 5.41) is 8.41. The van der Waals surface area contributed by atoms with E-state index in [0.717, 1.165) is 4.73 Å². The second-order valence-electron chi connectivity index (χ2n) is 2.59. The molecule has 0 heterocycles. The van der Waals surface area contributed by atoms with E-state index in [9.17, 15) is 4.79 Å². The maximum atomic E-state index is 10.2. The summed E-state index contributed by atoms with van der Waals surface area (Å²) in [4.78, 5) is 26.9. The van der Waals surface area contributed by atoms with Crippen LogP contribution in [0.3, 0.4) is 0 Å². The monoisotopic (exact) mass is 324 g/mol. The maximum absolute atomic E-state index is 10.2. The third kappa shape index (κ3) is 17.9. The molecule has 96 valence electrons. The molecule has 1 rings (SSSR count). The van der Waals surface area contributed by atoms with E-state index in [4.69, 9.17) is 24.0 Å². The molecule has 0 radical (unpaired) electrons. The molecule has 18 heavy (non-hydrogen) atoms. The van der Waals surface area contributed by atoms with Crippen molar-refractivity contribution in [2.24, 2.45) is 0 Å². The summed E-state index contributed by atoms with van der Waals surface area (Å²) in [6.45, 7) is 0. The van der Waals surface area contributed by atoms with E-state index in [1.165, 1.54) is 3.87 Å². The number of benzene rings is 1. The smallest absolute Gasteiger partial charge is 0.0642 e. The predicted octanol–water partition coefficient (Wildman–Crippen LogP) is 0.394. The van der Waals surface area contributed by atoms with Crippen molar-refractivity contribution in [1.29, 1.82) is 0 Å². The van der Waals surface area contributed by atoms with Crippen LogP contribution in [0.15, 0.2) is 30.3 Å². The Bertz CT molecular complexity index is 329. The van der Waals surface area contributed by atoms with Crippen molar-refractivity contribution in [2.75, 3.05) is 0 Å². The molecule has 0 saturated heterocycles. The van der Waals surface area contributed by atoms with Gasteiger partial charge < -0.3 is 9.79 Å². The molecule has 0 unspecified atom stereocenters. The zero-order valence-corrected chi connectivity index (χ0v) is 12.5. The maximum Gasteiger partial charge on any atom is 0.0642 e. The summed E-state index contributed by atoms with van der Waals surface area (Å²) >= 11 is -0.216. The average Bonchev–Trinajstić information content (AvgIpc) is 2.32. The second-order valence-corrected chi connectivity index (χ2v) is 5.12. The molecule has 0 bridgehead atoms. The van der Waals surface area contributed by atoms with Crippen LogP contribution in [0.1, 0.15) is 6.42 Å². The van der Waals surface area contributed by atoms with E-state index in [0.29, 0.717) is 6.42 Å². The minimum Gasteiger partial charge on any atom is -0.772 e. The van der Waals surface area contributed by atoms with Gasteiger partial charge in [-0.3, -0.25) is 9.13 Å². The van der Waals surface area contributed by atoms with E-state index in [-0.39, 0.29) is 19.2 Å². The fraction of sp³-hybridized carbons (Fsp3) is 0.222. The third-order valence-corrected chi connectivity index (χ3v) is 3.38. The first-order valence-electron chi connectivity index (χ1n) is 4.53. The van der Waals surface area contributed by atoms with Crippen molar-refractivity contribution in [3.63, 3.8) is 0 Å². The van der Waals surface area contributed by atoms with Crippen LogP contribution in [-0.2, 0) is 33.1 Å². The van der Waals surface area contributed by atoms with Gasteiger partial charge >= 0.3 is 80.4 Å². The summed E-state index contributed by atoms with van der Waals surface area (Å²) < 4.78 is 18.9. The Morgan fingerprint density at radius 2 is 1.61 bits per heavy atom. The summed E-state index contributed by atoms with van der Waals surface area (Å²) in [5.41, 5.74) is 0. The van der Waals surface area contributed by atoms with Crippen molar-refractivity contribution < 1.29 is 48.0 Å². The normalized spacial score (nSPS) is 8.33. The number of rotatable bonds is 4. The third-order valence-electron chi connectivity index (χ3n) is 1.44. The Hall–Kier alpha value is -0.476. The number of carboxylic acid groups (broad SMARTS) is 1. The molecule has 1 aromatic rings. The molecular weight excluding hydrogens is 314 g/mol. The summed E-state index contributed by atoms with van der Waals surface area (Å²) in [6.07, 6.45) is 0.314. The zero-order valence-electron chi connectivity index (χ0n) is 9.18. The predicted molar refractivity (Wildman–Crippen MR) is 58.3 cm³/mol. The molecular formula is C9H10O6P2Ti. The van der Waals surface area contributed by atoms with Gasteiger partial charge in [0.1, 0.15) is 0 Å². The van der Waals surface area contributed by atoms with E-state index >= 15 is 0 Å². The zero-order chi connectivity index (χ0) is 14.2. The van der Waals surface area contributed by atoms with Gasteiger partial charge in [0.05, 0.1) is 17.4 Å². The molecule has 0 aliphatic carbocycles. The van der Waals surface area contributed by atoms with Crippen LogP contribution in [0.2, 0.25) is 4.73 Å². The Kier molecular flexibility index (Phi) is 18.2. The van der Waals surface area contributed by atoms with E-state index in [1.54, 1.807) is 0 Å². The van der Waals surface area contributed by atoms with Gasteiger partial charge in [0.2, 0.25) is 0 Å². The first-order chi connectivity index (χ1) is 8.62. The summed E-state index contributed by atoms with van der Waals surface area (Å²) in [6, 6.07) is 10.1. The molecule has 6 nitrogen and oxygen atoms in total. The molecule has 1 aromatic carbocycles. The van der Waals surface area contributed by atoms with Crippen LogP contribution in [-0.4, -0.2) is 11.1 Å². The Labute approximate surface area is 117 Å². The first kappa shape index (κ1) is 19.9. The van der Waals surface area contributed by atoms with Crippen LogP contribution in [0.4, 0.5) is 0 Å². The van der Waals surface area contributed by atoms with E-state index in [2.05, 4.69) is 12.1 Å². The van der Waals surface area contributed by atoms with Crippen LogP contribution < -0.4 is 13.7 Å². The number of hydrogen-bond donors (Lipinski definition) is 1. The van der Waals surface area contributed by atoms with Crippen LogP contribution in [0.5, 0.6) is 0 Å². The van der Waals surface area contributed by atoms with E-state index in [1.807, 2.05) is 18.2 Å². The first-order valence-corrected chi connectivity index (χ1v) is 7.87. The van der Waals surface area contributed by atoms with Crippen molar-refractivity contribution in [2.45, 2.75) is 11.1 Å². The van der Waals surface area contributed by atoms with Gasteiger partial charge in [0, 0.05) is 0 Å². The summed E-state index contributed by atoms with van der Waals surface area (Å²) in [7, 11) is -2.17. The fourth-order valence-electron chi connectivity index (χ4n) is 0.870. The molecule has 0 aromatic heterocycles. The van der Waals surface area contributed by atoms with Crippen LogP contribution >= 0.6 is 17.4 Å². The van der Waals surface area contributed by atoms with Gasteiger partial charge in [0.15, 0.2) is 0 Å². The number of hydrogen-bond acceptors (Lipinski definition) is 5. The van der Waals surface area contributed by atoms with Gasteiger partial charge in [-0.1, -0.05) is 0 Å². The average molecular weight is 324 g/mol. The molecule has 0 spiro atoms. The topological polar surface area (TPSA) is 118 Å². The number of carboxylic acids is 1. The van der Waals surface area contributed by atoms with Gasteiger partial charge in [0.25, 0.3) is 0 Å². The quantitative estimate of drug-likeness (QED) is 0.632. The minimum atomic E-state index is -1.08. The molecule has 0 atom stereocenters. The molecule has 0 amide bonds. The Balaban J connectivity index is 0. The van der Waals surface area contributed by atoms with Crippen molar-refractivity contribution in [3.8, 4) is 0 Å². The fourth-order valence-corrected chi connectivity index (χ4v) is 2.52. The molecule has 0 aliphatic heterocycles. The largest absolute Gasteiger partial charge is 0.772 e. The van der Waals surface area contributed by atoms with Crippen LogP contribution in [0, 0.1) is 0 Å². The number of aliphatic carboxylic acids is 1. The molecule has 0 fully saturated rings. The number of carbonyl (C=O) groups is 1. The Morgan fingerprint density at radius 3 is 2.00 bits per heavy atom. The molecule has 0 aliphatic rings. The van der Waals surface area contributed by atoms with Gasteiger partial charge in [-0.25, -0.2) is 0 Å². The molecule has 0 saturated carbocycles. The van der Waals surface area contributed by atoms with Crippen LogP contribution in [0.25, 0.3) is 0 Å². The Morgan fingerprint density at radius 1 is 1.17 bits per heavy atom. The SMILES string of the molecule is O=C(O)C[CH2][Ti+2][c]1ccccc1.O=P[O-].O=P[O-]. The van der Waals surface area contributed by atoms with Crippen molar-refractivity contribution >= 4 is 27.2 Å². The van der Waals surface area contributed by atoms with Crippen molar-refractivity contribution in [3.05, 3.63) is 30.3 Å². The summed E-state index contributed by atoms with van der Waals surface area (Å²) in [5.74, 6) is -0.685. The molecule has 1 N–H and O–H groups in total. The van der Waals surface area contributed by atoms with Crippen molar-refractivity contribution in [1.82, 2.24) is 0 Å². The standard InChI is InChI=1S/C6H5.C3H5O2.2HO2P.Ti/c1-2-4-6-5-3-1;1-2-3(4)5;2*1-3-2;/h1-5H;1-2H2,(H,4,5);2*(H,1,2);/q;;;;+2/p-2. The van der Waals surface area contributed by atoms with E-state index < -0.39 is 23.3 Å².